The molecule has 2 rings (SSSR count). The maximum Gasteiger partial charge on any atom is 0.329 e. The molecule has 1 atom stereocenters. The van der Waals surface area contributed by atoms with E-state index >= 15 is 0 Å². The number of carboxylic acid groups (broad SMARTS) is 1. The maximum absolute atomic E-state index is 12.0. The summed E-state index contributed by atoms with van der Waals surface area (Å²) in [4.78, 5) is 28.4. The number of hydrogen-bond donors (Lipinski definition) is 2. The summed E-state index contributed by atoms with van der Waals surface area (Å²) in [5.41, 5.74) is -1.11. The van der Waals surface area contributed by atoms with Crippen LogP contribution < -0.4 is 5.32 Å². The highest BCUT2D eigenvalue weighted by Gasteiger charge is 2.46. The lowest BCUT2D eigenvalue weighted by atomic mass is 10.00. The van der Waals surface area contributed by atoms with Crippen LogP contribution in [0.5, 0.6) is 0 Å². The Morgan fingerprint density at radius 2 is 2.41 bits per heavy atom. The van der Waals surface area contributed by atoms with E-state index in [2.05, 4.69) is 10.3 Å². The molecule has 17 heavy (non-hydrogen) atoms. The van der Waals surface area contributed by atoms with Crippen LogP contribution in [0, 0.1) is 0 Å². The number of carboxylic acids is 1. The molecule has 1 aliphatic heterocycles. The summed E-state index contributed by atoms with van der Waals surface area (Å²) in [6.07, 6.45) is 2.77. The fourth-order valence-electron chi connectivity index (χ4n) is 1.96. The van der Waals surface area contributed by atoms with Gasteiger partial charge in [-0.1, -0.05) is 0 Å². The first-order valence-electron chi connectivity index (χ1n) is 5.25. The third-order valence-corrected chi connectivity index (χ3v) is 3.68. The van der Waals surface area contributed by atoms with Crippen molar-refractivity contribution in [2.24, 2.45) is 0 Å². The summed E-state index contributed by atoms with van der Waals surface area (Å²) in [7, 11) is 0. The molecule has 1 fully saturated rings. The number of likely N-dealkylation sites (tertiary alicyclic amines) is 1. The molecule has 1 aromatic rings. The number of urea groups is 1. The molecule has 1 unspecified atom stereocenters. The van der Waals surface area contributed by atoms with Gasteiger partial charge < -0.3 is 10.0 Å². The van der Waals surface area contributed by atoms with E-state index in [0.29, 0.717) is 24.5 Å². The highest BCUT2D eigenvalue weighted by atomic mass is 32.1. The van der Waals surface area contributed by atoms with Gasteiger partial charge in [0.1, 0.15) is 5.54 Å². The van der Waals surface area contributed by atoms with Crippen molar-refractivity contribution in [3.8, 4) is 0 Å². The van der Waals surface area contributed by atoms with Crippen LogP contribution in [0.2, 0.25) is 0 Å². The second-order valence-corrected chi connectivity index (χ2v) is 5.00. The Bertz CT molecular complexity index is 434. The van der Waals surface area contributed by atoms with E-state index in [9.17, 15) is 14.7 Å². The molecule has 0 aliphatic carbocycles. The van der Waals surface area contributed by atoms with Crippen LogP contribution in [-0.4, -0.2) is 39.1 Å². The molecule has 0 spiro atoms. The minimum absolute atomic E-state index is 0.401. The normalized spacial score (nSPS) is 23.7. The molecule has 0 saturated carbocycles. The van der Waals surface area contributed by atoms with Gasteiger partial charge in [-0.05, 0) is 19.8 Å². The van der Waals surface area contributed by atoms with Gasteiger partial charge in [0.25, 0.3) is 0 Å². The molecule has 7 heteroatoms. The second kappa shape index (κ2) is 4.33. The standard InChI is InChI=1S/C10H13N3O3S/c1-10(7(14)15)3-2-5-13(10)9(16)12-8-11-4-6-17-8/h4,6H,2-3,5H2,1H3,(H,14,15)(H,11,12,16). The first-order valence-corrected chi connectivity index (χ1v) is 6.13. The Morgan fingerprint density at radius 1 is 1.65 bits per heavy atom. The lowest BCUT2D eigenvalue weighted by molar-refractivity contribution is -0.146. The lowest BCUT2D eigenvalue weighted by Crippen LogP contribution is -2.52. The third kappa shape index (κ3) is 2.10. The van der Waals surface area contributed by atoms with Crippen LogP contribution >= 0.6 is 11.3 Å². The van der Waals surface area contributed by atoms with E-state index in [-0.39, 0.29) is 0 Å². The first kappa shape index (κ1) is 11.8. The number of hydrogen-bond acceptors (Lipinski definition) is 4. The Balaban J connectivity index is 2.11. The Labute approximate surface area is 102 Å². The Hall–Kier alpha value is -1.63. The van der Waals surface area contributed by atoms with Crippen molar-refractivity contribution in [3.63, 3.8) is 0 Å². The van der Waals surface area contributed by atoms with Gasteiger partial charge in [0.15, 0.2) is 5.13 Å². The van der Waals surface area contributed by atoms with Gasteiger partial charge in [-0.25, -0.2) is 14.6 Å². The molecule has 0 bridgehead atoms. The largest absolute Gasteiger partial charge is 0.480 e. The van der Waals surface area contributed by atoms with Gasteiger partial charge in [0.2, 0.25) is 0 Å². The number of anilines is 1. The molecule has 1 aliphatic rings. The minimum Gasteiger partial charge on any atom is -0.480 e. The van der Waals surface area contributed by atoms with Crippen molar-refractivity contribution in [2.45, 2.75) is 25.3 Å². The smallest absolute Gasteiger partial charge is 0.329 e. The quantitative estimate of drug-likeness (QED) is 0.841. The van der Waals surface area contributed by atoms with Crippen LogP contribution in [0.25, 0.3) is 0 Å². The summed E-state index contributed by atoms with van der Waals surface area (Å²) in [6.45, 7) is 2.03. The SMILES string of the molecule is CC1(C(=O)O)CCCN1C(=O)Nc1nccs1. The van der Waals surface area contributed by atoms with E-state index in [1.807, 2.05) is 0 Å². The number of rotatable bonds is 2. The Morgan fingerprint density at radius 3 is 3.00 bits per heavy atom. The minimum atomic E-state index is -1.11. The Kier molecular flexibility index (Phi) is 3.01. The molecule has 1 aromatic heterocycles. The fraction of sp³-hybridized carbons (Fsp3) is 0.500. The van der Waals surface area contributed by atoms with Crippen LogP contribution in [0.3, 0.4) is 0 Å². The van der Waals surface area contributed by atoms with Gasteiger partial charge >= 0.3 is 12.0 Å². The zero-order valence-corrected chi connectivity index (χ0v) is 10.2. The number of thiazole rings is 1. The third-order valence-electron chi connectivity index (χ3n) is 2.99. The summed E-state index contributed by atoms with van der Waals surface area (Å²) in [5, 5.41) is 14.0. The van der Waals surface area contributed by atoms with Gasteiger partial charge in [0, 0.05) is 18.1 Å². The van der Waals surface area contributed by atoms with Crippen molar-refractivity contribution in [1.82, 2.24) is 9.88 Å². The number of carbonyl (C=O) groups is 2. The van der Waals surface area contributed by atoms with Crippen molar-refractivity contribution < 1.29 is 14.7 Å². The average Bonchev–Trinajstić information content (AvgIpc) is 2.87. The molecule has 92 valence electrons. The molecule has 6 nitrogen and oxygen atoms in total. The number of aliphatic carboxylic acids is 1. The zero-order valence-electron chi connectivity index (χ0n) is 9.34. The number of nitrogens with one attached hydrogen (secondary N) is 1. The van der Waals surface area contributed by atoms with Crippen LogP contribution in [-0.2, 0) is 4.79 Å². The van der Waals surface area contributed by atoms with Crippen LogP contribution in [0.15, 0.2) is 11.6 Å². The summed E-state index contributed by atoms with van der Waals surface area (Å²) >= 11 is 1.30. The van der Waals surface area contributed by atoms with Gasteiger partial charge in [-0.15, -0.1) is 11.3 Å². The van der Waals surface area contributed by atoms with Crippen LogP contribution in [0.4, 0.5) is 9.93 Å². The highest BCUT2D eigenvalue weighted by Crippen LogP contribution is 2.30. The molecule has 0 radical (unpaired) electrons. The number of carbonyl (C=O) groups excluding carboxylic acids is 1. The molecular formula is C10H13N3O3S. The van der Waals surface area contributed by atoms with Crippen molar-refractivity contribution in [3.05, 3.63) is 11.6 Å². The fourth-order valence-corrected chi connectivity index (χ4v) is 2.47. The molecule has 2 N–H and O–H groups in total. The highest BCUT2D eigenvalue weighted by molar-refractivity contribution is 7.13. The number of aromatic nitrogens is 1. The monoisotopic (exact) mass is 255 g/mol. The summed E-state index contributed by atoms with van der Waals surface area (Å²) in [6, 6.07) is -0.401. The maximum atomic E-state index is 12.0. The van der Waals surface area contributed by atoms with Crippen molar-refractivity contribution in [2.75, 3.05) is 11.9 Å². The number of amides is 2. The molecule has 2 heterocycles. The van der Waals surface area contributed by atoms with Gasteiger partial charge in [-0.2, -0.15) is 0 Å². The van der Waals surface area contributed by atoms with E-state index < -0.39 is 17.5 Å². The van der Waals surface area contributed by atoms with Crippen molar-refractivity contribution >= 4 is 28.5 Å². The average molecular weight is 255 g/mol. The second-order valence-electron chi connectivity index (χ2n) is 4.10. The van der Waals surface area contributed by atoms with Gasteiger partial charge in [0.05, 0.1) is 0 Å². The van der Waals surface area contributed by atoms with E-state index in [4.69, 9.17) is 0 Å². The van der Waals surface area contributed by atoms with Gasteiger partial charge in [-0.3, -0.25) is 5.32 Å². The zero-order chi connectivity index (χ0) is 12.5. The topological polar surface area (TPSA) is 82.5 Å². The number of nitrogens with zero attached hydrogens (tertiary/aromatic N) is 2. The van der Waals surface area contributed by atoms with Crippen molar-refractivity contribution in [1.29, 1.82) is 0 Å². The predicted octanol–water partition coefficient (Wildman–Crippen LogP) is 1.61. The molecule has 0 aromatic carbocycles. The van der Waals surface area contributed by atoms with E-state index in [0.717, 1.165) is 0 Å². The molecule has 1 saturated heterocycles. The van der Waals surface area contributed by atoms with E-state index in [1.165, 1.54) is 16.2 Å². The molecular weight excluding hydrogens is 242 g/mol. The first-order chi connectivity index (χ1) is 8.04. The summed E-state index contributed by atoms with van der Waals surface area (Å²) in [5.74, 6) is -0.968. The predicted molar refractivity (Wildman–Crippen MR) is 63.1 cm³/mol. The van der Waals surface area contributed by atoms with Crippen LogP contribution in [0.1, 0.15) is 19.8 Å². The lowest BCUT2D eigenvalue weighted by Gasteiger charge is -2.30. The molecule has 2 amide bonds. The summed E-state index contributed by atoms with van der Waals surface area (Å²) < 4.78 is 0. The van der Waals surface area contributed by atoms with E-state index in [1.54, 1.807) is 18.5 Å².